The van der Waals surface area contributed by atoms with Gasteiger partial charge in [-0.05, 0) is 67.9 Å². The molecule has 2 N–H and O–H groups in total. The normalized spacial score (nSPS) is 13.7. The van der Waals surface area contributed by atoms with Crippen molar-refractivity contribution in [1.29, 1.82) is 0 Å². The van der Waals surface area contributed by atoms with Crippen LogP contribution in [0.4, 0.5) is 0 Å². The first kappa shape index (κ1) is 53.9. The molecule has 11 heteroatoms. The third-order valence-corrected chi connectivity index (χ3v) is 21.2. The van der Waals surface area contributed by atoms with Gasteiger partial charge in [-0.2, -0.15) is 8.42 Å². The summed E-state index contributed by atoms with van der Waals surface area (Å²) in [6.07, 6.45) is 0.285. The van der Waals surface area contributed by atoms with Gasteiger partial charge in [-0.1, -0.05) is 96.9 Å². The first-order valence-electron chi connectivity index (χ1n) is 17.2. The Bertz CT molecular complexity index is 698. The zero-order valence-electron chi connectivity index (χ0n) is 32.9. The lowest BCUT2D eigenvalue weighted by molar-refractivity contribution is -0.894. The van der Waals surface area contributed by atoms with E-state index in [-0.39, 0.29) is 18.5 Å². The van der Waals surface area contributed by atoms with Crippen LogP contribution in [-0.4, -0.2) is 81.5 Å². The number of hydrogen-bond acceptors (Lipinski definition) is 6. The van der Waals surface area contributed by atoms with Crippen LogP contribution < -0.4 is 17.3 Å². The van der Waals surface area contributed by atoms with E-state index in [9.17, 15) is 13.5 Å². The first-order valence-corrected chi connectivity index (χ1v) is 23.3. The molecule has 0 saturated heterocycles. The van der Waals surface area contributed by atoms with Crippen molar-refractivity contribution in [2.45, 2.75) is 177 Å². The van der Waals surface area contributed by atoms with Crippen LogP contribution in [0.25, 0.3) is 0 Å². The Kier molecular flexibility index (Phi) is 33.6. The van der Waals surface area contributed by atoms with Crippen LogP contribution in [-0.2, 0) is 23.2 Å². The zero-order valence-corrected chi connectivity index (χ0v) is 36.5. The highest BCUT2D eigenvalue weighted by molar-refractivity contribution is 7.86. The Labute approximate surface area is 285 Å². The average Bonchev–Trinajstić information content (AvgIpc) is 2.85. The van der Waals surface area contributed by atoms with Crippen LogP contribution in [0.3, 0.4) is 0 Å². The molecule has 0 amide bonds. The van der Waals surface area contributed by atoms with Crippen molar-refractivity contribution >= 4 is 26.8 Å². The highest BCUT2D eigenvalue weighted by Gasteiger charge is 2.46. The van der Waals surface area contributed by atoms with Gasteiger partial charge in [0, 0.05) is 0 Å². The molecule has 0 saturated carbocycles. The Morgan fingerprint density at radius 3 is 1.00 bits per heavy atom. The predicted octanol–water partition coefficient (Wildman–Crippen LogP) is 5.06. The minimum absolute atomic E-state index is 0. The van der Waals surface area contributed by atoms with E-state index in [1.165, 1.54) is 19.6 Å². The largest absolute Gasteiger partial charge is 1.00 e. The van der Waals surface area contributed by atoms with Crippen LogP contribution in [0.5, 0.6) is 0 Å². The number of aliphatic hydroxyl groups is 1. The van der Waals surface area contributed by atoms with Gasteiger partial charge in [-0.3, -0.25) is 4.18 Å². The van der Waals surface area contributed by atoms with Crippen LogP contribution in [0.15, 0.2) is 0 Å². The van der Waals surface area contributed by atoms with E-state index in [0.717, 1.165) is 6.26 Å². The van der Waals surface area contributed by atoms with Crippen molar-refractivity contribution in [1.82, 2.24) is 0 Å². The van der Waals surface area contributed by atoms with Gasteiger partial charge in [-0.15, -0.1) is 0 Å². The molecule has 0 fully saturated rings. The molecule has 0 aromatic carbocycles. The van der Waals surface area contributed by atoms with E-state index in [1.54, 1.807) is 18.7 Å². The molecule has 0 aliphatic carbocycles. The quantitative estimate of drug-likeness (QED) is 0.162. The zero-order chi connectivity index (χ0) is 35.4. The Hall–Kier alpha value is 0.474. The summed E-state index contributed by atoms with van der Waals surface area (Å²) >= 11 is 0. The highest BCUT2D eigenvalue weighted by atomic mass is 35.5. The van der Waals surface area contributed by atoms with Crippen LogP contribution in [0.1, 0.15) is 132 Å². The molecule has 0 unspecified atom stereocenters. The second-order valence-corrected chi connectivity index (χ2v) is 26.0. The Balaban J connectivity index is -0.000000181. The Morgan fingerprint density at radius 2 is 0.841 bits per heavy atom. The van der Waals surface area contributed by atoms with E-state index in [4.69, 9.17) is 13.0 Å². The molecule has 0 heterocycles. The summed E-state index contributed by atoms with van der Waals surface area (Å²) in [6.45, 7) is 45.6. The monoisotopic (exact) mass is 709 g/mol. The van der Waals surface area contributed by atoms with Crippen LogP contribution >= 0.6 is 0 Å². The van der Waals surface area contributed by atoms with E-state index < -0.39 is 32.9 Å². The maximum atomic E-state index is 11.1. The number of aliphatic hydroxyl groups excluding tert-OH is 1. The lowest BCUT2D eigenvalue weighted by atomic mass is 10.5. The number of rotatable bonds is 17. The third kappa shape index (κ3) is 20.7. The molecular formula is C33H80ClNO6SSi2. The van der Waals surface area contributed by atoms with Crippen LogP contribution in [0.2, 0.25) is 33.2 Å². The Morgan fingerprint density at radius 1 is 0.591 bits per heavy atom. The molecule has 0 bridgehead atoms. The van der Waals surface area contributed by atoms with Gasteiger partial charge < -0.3 is 31.3 Å². The fraction of sp³-hybridized carbons (Fsp3) is 1.00. The first-order chi connectivity index (χ1) is 19.5. The topological polar surface area (TPSA) is 86.5 Å². The van der Waals surface area contributed by atoms with Crippen molar-refractivity contribution in [3.63, 3.8) is 0 Å². The lowest BCUT2D eigenvalue weighted by Crippen LogP contribution is -3.11. The van der Waals surface area contributed by atoms with Gasteiger partial charge in [0.05, 0.1) is 51.3 Å². The summed E-state index contributed by atoms with van der Waals surface area (Å²) in [5.41, 5.74) is 3.23. The fourth-order valence-electron chi connectivity index (χ4n) is 6.60. The number of nitrogens with one attached hydrogen (secondary N) is 1. The lowest BCUT2D eigenvalue weighted by Gasteiger charge is -2.42. The van der Waals surface area contributed by atoms with Gasteiger partial charge in [-0.25, -0.2) is 0 Å². The third-order valence-electron chi connectivity index (χ3n) is 8.40. The van der Waals surface area contributed by atoms with Crippen molar-refractivity contribution in [3.8, 4) is 0 Å². The molecule has 0 aromatic rings. The van der Waals surface area contributed by atoms with Gasteiger partial charge in [0.25, 0.3) is 10.1 Å². The van der Waals surface area contributed by atoms with E-state index in [1.807, 2.05) is 13.8 Å². The van der Waals surface area contributed by atoms with Crippen molar-refractivity contribution in [2.24, 2.45) is 0 Å². The second kappa shape index (κ2) is 27.4. The summed E-state index contributed by atoms with van der Waals surface area (Å²) in [5.74, 6) is 0. The van der Waals surface area contributed by atoms with Gasteiger partial charge in [0.1, 0.15) is 0 Å². The molecule has 274 valence electrons. The molecule has 7 nitrogen and oxygen atoms in total. The summed E-state index contributed by atoms with van der Waals surface area (Å²) in [5, 5.41) is 9.36. The molecule has 0 rings (SSSR count). The van der Waals surface area contributed by atoms with Crippen molar-refractivity contribution < 1.29 is 43.9 Å². The molecule has 0 spiro atoms. The summed E-state index contributed by atoms with van der Waals surface area (Å²) < 4.78 is 39.6. The van der Waals surface area contributed by atoms with E-state index >= 15 is 0 Å². The number of quaternary nitrogens is 1. The smallest absolute Gasteiger partial charge is 0.264 e. The highest BCUT2D eigenvalue weighted by Crippen LogP contribution is 2.43. The minimum atomic E-state index is -3.42. The number of hydrogen-bond donors (Lipinski definition) is 2. The molecule has 0 aliphatic rings. The molecule has 0 aliphatic heterocycles. The molecular weight excluding hydrogens is 630 g/mol. The fourth-order valence-corrected chi connectivity index (χ4v) is 18.3. The molecule has 0 aromatic heterocycles. The second-order valence-electron chi connectivity index (χ2n) is 13.5. The summed E-state index contributed by atoms with van der Waals surface area (Å²) in [6, 6.07) is 0. The maximum Gasteiger partial charge on any atom is 0.264 e. The van der Waals surface area contributed by atoms with Crippen molar-refractivity contribution in [3.05, 3.63) is 0 Å². The van der Waals surface area contributed by atoms with Gasteiger partial charge in [0.2, 0.25) is 0 Å². The summed E-state index contributed by atoms with van der Waals surface area (Å²) in [4.78, 5) is 1.68. The molecule has 2 atom stereocenters. The van der Waals surface area contributed by atoms with Gasteiger partial charge >= 0.3 is 0 Å². The standard InChI is InChI=1S/C13H30O4SSi.C12H28O2Si.C6H15N.C2H6.ClH/c1-10(2)19(11(3)4,12(5)6)16-9-13(7)17-18(8,14)15;1-9(2)15(10(3)4,11(5)6)14-8-12(7)13;1-4-7(5-2)6-3;1-2;/h10-13H,9H2,1-8H3;9-13H,8H2,1-7H3;4-6H2,1-3H3;1-2H3;1H/t13-;12-;;;/m11.../s1. The SMILES string of the molecule is CC.CC(C)[Si](OC[C@@H](C)O)(C(C)C)C(C)C.CC(C)[Si](OC[C@@H](C)OS(C)(=O)=O)(C(C)C)C(C)C.CC[NH+](CC)CC.[Cl-]. The van der Waals surface area contributed by atoms with Gasteiger partial charge in [0.15, 0.2) is 16.6 Å². The number of halogens is 1. The molecule has 44 heavy (non-hydrogen) atoms. The van der Waals surface area contributed by atoms with Crippen molar-refractivity contribution in [2.75, 3.05) is 39.1 Å². The molecule has 0 radical (unpaired) electrons. The average molecular weight is 711 g/mol. The maximum absolute atomic E-state index is 11.1. The summed E-state index contributed by atoms with van der Waals surface area (Å²) in [7, 11) is -7.11. The van der Waals surface area contributed by atoms with Crippen LogP contribution in [0, 0.1) is 0 Å². The minimum Gasteiger partial charge on any atom is -1.00 e. The van der Waals surface area contributed by atoms with E-state index in [2.05, 4.69) is 104 Å². The van der Waals surface area contributed by atoms with E-state index in [0.29, 0.717) is 46.5 Å². The predicted molar refractivity (Wildman–Crippen MR) is 195 cm³/mol.